The van der Waals surface area contributed by atoms with E-state index in [0.717, 1.165) is 11.1 Å². The lowest BCUT2D eigenvalue weighted by Gasteiger charge is -2.26. The Morgan fingerprint density at radius 1 is 1.18 bits per heavy atom. The van der Waals surface area contributed by atoms with Gasteiger partial charge in [-0.1, -0.05) is 18.2 Å². The fourth-order valence-electron chi connectivity index (χ4n) is 2.65. The number of benzene rings is 1. The zero-order valence-electron chi connectivity index (χ0n) is 15.5. The maximum Gasteiger partial charge on any atom is 0.260 e. The van der Waals surface area contributed by atoms with Crippen molar-refractivity contribution in [3.63, 3.8) is 0 Å². The van der Waals surface area contributed by atoms with E-state index in [9.17, 15) is 9.59 Å². The molecule has 0 spiro atoms. The van der Waals surface area contributed by atoms with Crippen LogP contribution in [0.25, 0.3) is 6.08 Å². The molecule has 1 aromatic heterocycles. The predicted molar refractivity (Wildman–Crippen MR) is 104 cm³/mol. The minimum atomic E-state index is -0.180. The molecule has 1 saturated heterocycles. The molecule has 0 aliphatic carbocycles. The lowest BCUT2D eigenvalue weighted by Crippen LogP contribution is -2.42. The molecule has 2 heterocycles. The van der Waals surface area contributed by atoms with Crippen LogP contribution in [0.4, 0.5) is 0 Å². The van der Waals surface area contributed by atoms with Crippen molar-refractivity contribution in [3.05, 3.63) is 66.0 Å². The molecular weight excluding hydrogens is 358 g/mol. The summed E-state index contributed by atoms with van der Waals surface area (Å²) >= 11 is 0. The first-order valence-corrected chi connectivity index (χ1v) is 9.14. The first kappa shape index (κ1) is 19.6. The molecule has 146 valence electrons. The first-order valence-electron chi connectivity index (χ1n) is 9.14. The standard InChI is InChI=1S/C21H23N3O4/c25-20(23-15-18-2-1-9-22-14-18)8-5-17-3-6-19(7-4-17)28-16-21(26)24-10-12-27-13-11-24/h1-9,14H,10-13,15-16H2,(H,23,25)/b8-5+. The van der Waals surface area contributed by atoms with Crippen molar-refractivity contribution >= 4 is 17.9 Å². The summed E-state index contributed by atoms with van der Waals surface area (Å²) in [5.41, 5.74) is 1.81. The number of nitrogens with zero attached hydrogens (tertiary/aromatic N) is 2. The van der Waals surface area contributed by atoms with Gasteiger partial charge in [-0.3, -0.25) is 14.6 Å². The van der Waals surface area contributed by atoms with Crippen LogP contribution in [0.3, 0.4) is 0 Å². The van der Waals surface area contributed by atoms with Crippen molar-refractivity contribution in [3.8, 4) is 5.75 Å². The molecule has 0 atom stereocenters. The highest BCUT2D eigenvalue weighted by Gasteiger charge is 2.16. The topological polar surface area (TPSA) is 80.8 Å². The molecule has 0 bridgehead atoms. The van der Waals surface area contributed by atoms with Crippen LogP contribution in [-0.2, 0) is 20.9 Å². The number of aromatic nitrogens is 1. The van der Waals surface area contributed by atoms with E-state index < -0.39 is 0 Å². The number of hydrogen-bond acceptors (Lipinski definition) is 5. The smallest absolute Gasteiger partial charge is 0.260 e. The maximum atomic E-state index is 12.1. The Bertz CT molecular complexity index is 800. The molecule has 1 aromatic carbocycles. The van der Waals surface area contributed by atoms with Gasteiger partial charge in [0.2, 0.25) is 5.91 Å². The van der Waals surface area contributed by atoms with Crippen molar-refractivity contribution in [1.29, 1.82) is 0 Å². The summed E-state index contributed by atoms with van der Waals surface area (Å²) in [4.78, 5) is 29.7. The number of morpholine rings is 1. The summed E-state index contributed by atoms with van der Waals surface area (Å²) in [7, 11) is 0. The number of hydrogen-bond donors (Lipinski definition) is 1. The normalized spacial score (nSPS) is 14.1. The minimum absolute atomic E-state index is 0.00589. The summed E-state index contributed by atoms with van der Waals surface area (Å²) in [6.45, 7) is 2.79. The van der Waals surface area contributed by atoms with Gasteiger partial charge in [0, 0.05) is 38.1 Å². The Labute approximate surface area is 164 Å². The average molecular weight is 381 g/mol. The van der Waals surface area contributed by atoms with Crippen molar-refractivity contribution in [2.75, 3.05) is 32.9 Å². The number of rotatable bonds is 7. The number of carbonyl (C=O) groups is 2. The van der Waals surface area contributed by atoms with Crippen LogP contribution in [0.5, 0.6) is 5.75 Å². The summed E-state index contributed by atoms with van der Waals surface area (Å²) in [5.74, 6) is 0.387. The average Bonchev–Trinajstić information content (AvgIpc) is 2.76. The largest absolute Gasteiger partial charge is 0.484 e. The third kappa shape index (κ3) is 6.21. The highest BCUT2D eigenvalue weighted by atomic mass is 16.5. The van der Waals surface area contributed by atoms with Crippen LogP contribution >= 0.6 is 0 Å². The Morgan fingerprint density at radius 3 is 2.68 bits per heavy atom. The number of nitrogens with one attached hydrogen (secondary N) is 1. The Kier molecular flexibility index (Phi) is 7.14. The fourth-order valence-corrected chi connectivity index (χ4v) is 2.65. The Hall–Kier alpha value is -3.19. The van der Waals surface area contributed by atoms with E-state index in [1.807, 2.05) is 24.3 Å². The quantitative estimate of drug-likeness (QED) is 0.738. The maximum absolute atomic E-state index is 12.1. The van der Waals surface area contributed by atoms with Crippen LogP contribution in [0, 0.1) is 0 Å². The van der Waals surface area contributed by atoms with Crippen LogP contribution in [0.2, 0.25) is 0 Å². The SMILES string of the molecule is O=C(/C=C/c1ccc(OCC(=O)N2CCOCC2)cc1)NCc1cccnc1. The van der Waals surface area contributed by atoms with Gasteiger partial charge >= 0.3 is 0 Å². The molecule has 1 aliphatic heterocycles. The predicted octanol–water partition coefficient (Wildman–Crippen LogP) is 1.65. The van der Waals surface area contributed by atoms with Crippen LogP contribution < -0.4 is 10.1 Å². The fraction of sp³-hybridized carbons (Fsp3) is 0.286. The molecule has 28 heavy (non-hydrogen) atoms. The lowest BCUT2D eigenvalue weighted by molar-refractivity contribution is -0.137. The molecule has 1 aliphatic rings. The van der Waals surface area contributed by atoms with Gasteiger partial charge in [0.1, 0.15) is 5.75 Å². The van der Waals surface area contributed by atoms with Crippen LogP contribution in [0.1, 0.15) is 11.1 Å². The third-order valence-corrected chi connectivity index (χ3v) is 4.22. The number of ether oxygens (including phenoxy) is 2. The summed E-state index contributed by atoms with van der Waals surface area (Å²) in [6, 6.07) is 11.0. The third-order valence-electron chi connectivity index (χ3n) is 4.22. The molecule has 1 N–H and O–H groups in total. The lowest BCUT2D eigenvalue weighted by atomic mass is 10.2. The summed E-state index contributed by atoms with van der Waals surface area (Å²) < 4.78 is 10.8. The molecule has 3 rings (SSSR count). The van der Waals surface area contributed by atoms with Gasteiger partial charge in [-0.15, -0.1) is 0 Å². The van der Waals surface area contributed by atoms with Gasteiger partial charge in [-0.25, -0.2) is 0 Å². The molecule has 0 radical (unpaired) electrons. The van der Waals surface area contributed by atoms with Crippen molar-refractivity contribution in [2.45, 2.75) is 6.54 Å². The van der Waals surface area contributed by atoms with E-state index >= 15 is 0 Å². The number of amides is 2. The van der Waals surface area contributed by atoms with Gasteiger partial charge in [0.05, 0.1) is 13.2 Å². The highest BCUT2D eigenvalue weighted by molar-refractivity contribution is 5.91. The second kappa shape index (κ2) is 10.2. The molecular formula is C21H23N3O4. The second-order valence-electron chi connectivity index (χ2n) is 6.26. The number of carbonyl (C=O) groups excluding carboxylic acids is 2. The molecule has 1 fully saturated rings. The van der Waals surface area contributed by atoms with Crippen molar-refractivity contribution in [1.82, 2.24) is 15.2 Å². The minimum Gasteiger partial charge on any atom is -0.484 e. The number of pyridine rings is 1. The van der Waals surface area contributed by atoms with Crippen molar-refractivity contribution in [2.24, 2.45) is 0 Å². The monoisotopic (exact) mass is 381 g/mol. The first-order chi connectivity index (χ1) is 13.7. The molecule has 2 aromatic rings. The van der Waals surface area contributed by atoms with Gasteiger partial charge in [-0.2, -0.15) is 0 Å². The van der Waals surface area contributed by atoms with E-state index in [2.05, 4.69) is 10.3 Å². The van der Waals surface area contributed by atoms with Gasteiger partial charge in [0.25, 0.3) is 5.91 Å². The second-order valence-corrected chi connectivity index (χ2v) is 6.26. The van der Waals surface area contributed by atoms with Gasteiger partial charge in [0.15, 0.2) is 6.61 Å². The van der Waals surface area contributed by atoms with Gasteiger partial charge in [-0.05, 0) is 35.4 Å². The Morgan fingerprint density at radius 2 is 1.96 bits per heavy atom. The van der Waals surface area contributed by atoms with Crippen LogP contribution in [0.15, 0.2) is 54.9 Å². The van der Waals surface area contributed by atoms with E-state index in [1.54, 1.807) is 35.5 Å². The zero-order chi connectivity index (χ0) is 19.6. The zero-order valence-corrected chi connectivity index (χ0v) is 15.5. The van der Waals surface area contributed by atoms with E-state index in [1.165, 1.54) is 6.08 Å². The van der Waals surface area contributed by atoms with Crippen LogP contribution in [-0.4, -0.2) is 54.6 Å². The highest BCUT2D eigenvalue weighted by Crippen LogP contribution is 2.13. The van der Waals surface area contributed by atoms with E-state index in [4.69, 9.17) is 9.47 Å². The molecule has 7 heteroatoms. The molecule has 7 nitrogen and oxygen atoms in total. The molecule has 0 unspecified atom stereocenters. The van der Waals surface area contributed by atoms with E-state index in [-0.39, 0.29) is 18.4 Å². The molecule has 0 saturated carbocycles. The van der Waals surface area contributed by atoms with Gasteiger partial charge < -0.3 is 19.7 Å². The molecule has 2 amide bonds. The Balaban J connectivity index is 1.42. The summed E-state index contributed by atoms with van der Waals surface area (Å²) in [6.07, 6.45) is 6.61. The summed E-state index contributed by atoms with van der Waals surface area (Å²) in [5, 5.41) is 2.80. The van der Waals surface area contributed by atoms with E-state index in [0.29, 0.717) is 38.6 Å². The van der Waals surface area contributed by atoms with Crippen molar-refractivity contribution < 1.29 is 19.1 Å².